The van der Waals surface area contributed by atoms with E-state index in [4.69, 9.17) is 11.6 Å². The molecule has 10 heteroatoms. The predicted octanol–water partition coefficient (Wildman–Crippen LogP) is 3.09. The van der Waals surface area contributed by atoms with E-state index in [1.807, 2.05) is 0 Å². The quantitative estimate of drug-likeness (QED) is 0.581. The van der Waals surface area contributed by atoms with E-state index in [-0.39, 0.29) is 5.69 Å². The third kappa shape index (κ3) is 3.17. The Hall–Kier alpha value is -3.17. The lowest BCUT2D eigenvalue weighted by Crippen LogP contribution is -2.17. The number of pyridine rings is 2. The minimum atomic E-state index is -0.395. The lowest BCUT2D eigenvalue weighted by Gasteiger charge is -2.04. The zero-order chi connectivity index (χ0) is 17.9. The molecular formula is C16H10ClN7OS. The molecule has 128 valence electrons. The molecule has 1 amide bonds. The lowest BCUT2D eigenvalue weighted by molar-refractivity contribution is 0.101. The number of rotatable bonds is 4. The van der Waals surface area contributed by atoms with Gasteiger partial charge in [0.2, 0.25) is 0 Å². The molecule has 0 aliphatic rings. The van der Waals surface area contributed by atoms with E-state index in [0.29, 0.717) is 27.4 Å². The van der Waals surface area contributed by atoms with Crippen LogP contribution in [0.5, 0.6) is 0 Å². The Labute approximate surface area is 156 Å². The summed E-state index contributed by atoms with van der Waals surface area (Å²) in [6.45, 7) is 0. The SMILES string of the molecule is O=C(Nc1nc(-c2ncccc2Cl)cs1)c1cnnn1-c1ccccn1. The smallest absolute Gasteiger partial charge is 0.277 e. The van der Waals surface area contributed by atoms with Gasteiger partial charge in [-0.15, -0.1) is 16.4 Å². The van der Waals surface area contributed by atoms with Gasteiger partial charge in [0.05, 0.1) is 11.2 Å². The van der Waals surface area contributed by atoms with Crippen molar-refractivity contribution in [3.8, 4) is 17.2 Å². The van der Waals surface area contributed by atoms with Crippen molar-refractivity contribution in [1.82, 2.24) is 29.9 Å². The molecular weight excluding hydrogens is 374 g/mol. The standard InChI is InChI=1S/C16H10ClN7OS/c17-10-4-3-7-19-14(10)11-9-26-16(21-11)22-15(25)12-8-20-23-24(12)13-5-1-2-6-18-13/h1-9H,(H,21,22,25). The Morgan fingerprint density at radius 2 is 2.04 bits per heavy atom. The summed E-state index contributed by atoms with van der Waals surface area (Å²) in [7, 11) is 0. The van der Waals surface area contributed by atoms with Crippen molar-refractivity contribution in [2.75, 3.05) is 5.32 Å². The van der Waals surface area contributed by atoms with Crippen LogP contribution in [0.1, 0.15) is 10.5 Å². The topological polar surface area (TPSA) is 98.5 Å². The fraction of sp³-hybridized carbons (Fsp3) is 0. The zero-order valence-electron chi connectivity index (χ0n) is 13.1. The molecule has 0 fully saturated rings. The molecule has 0 aliphatic carbocycles. The van der Waals surface area contributed by atoms with E-state index in [1.165, 1.54) is 22.2 Å². The third-order valence-corrected chi connectivity index (χ3v) is 4.44. The Bertz CT molecular complexity index is 1060. The Morgan fingerprint density at radius 1 is 1.15 bits per heavy atom. The highest BCUT2D eigenvalue weighted by molar-refractivity contribution is 7.14. The molecule has 0 aromatic carbocycles. The molecule has 1 N–H and O–H groups in total. The minimum absolute atomic E-state index is 0.247. The number of anilines is 1. The molecule has 0 saturated carbocycles. The van der Waals surface area contributed by atoms with Gasteiger partial charge in [0.15, 0.2) is 16.6 Å². The molecule has 0 spiro atoms. The van der Waals surface area contributed by atoms with Crippen LogP contribution in [0.25, 0.3) is 17.2 Å². The van der Waals surface area contributed by atoms with Gasteiger partial charge in [-0.25, -0.2) is 9.97 Å². The summed E-state index contributed by atoms with van der Waals surface area (Å²) in [5.41, 5.74) is 1.40. The second kappa shape index (κ2) is 6.98. The maximum Gasteiger partial charge on any atom is 0.277 e. The van der Waals surface area contributed by atoms with Crippen molar-refractivity contribution in [3.63, 3.8) is 0 Å². The number of aromatic nitrogens is 6. The van der Waals surface area contributed by atoms with Gasteiger partial charge >= 0.3 is 0 Å². The van der Waals surface area contributed by atoms with Crippen LogP contribution in [0.15, 0.2) is 54.3 Å². The van der Waals surface area contributed by atoms with E-state index >= 15 is 0 Å². The number of hydrogen-bond acceptors (Lipinski definition) is 7. The summed E-state index contributed by atoms with van der Waals surface area (Å²) in [6.07, 6.45) is 4.62. The number of amides is 1. The summed E-state index contributed by atoms with van der Waals surface area (Å²) in [5.74, 6) is 0.101. The Morgan fingerprint density at radius 3 is 2.85 bits per heavy atom. The lowest BCUT2D eigenvalue weighted by atomic mass is 10.3. The largest absolute Gasteiger partial charge is 0.296 e. The van der Waals surface area contributed by atoms with Crippen LogP contribution in [0.2, 0.25) is 5.02 Å². The highest BCUT2D eigenvalue weighted by Gasteiger charge is 2.17. The van der Waals surface area contributed by atoms with Crippen molar-refractivity contribution >= 4 is 34.0 Å². The first-order valence-electron chi connectivity index (χ1n) is 7.42. The molecule has 0 radical (unpaired) electrons. The summed E-state index contributed by atoms with van der Waals surface area (Å²) < 4.78 is 1.36. The molecule has 8 nitrogen and oxygen atoms in total. The zero-order valence-corrected chi connectivity index (χ0v) is 14.6. The van der Waals surface area contributed by atoms with Gasteiger partial charge in [-0.2, -0.15) is 4.68 Å². The van der Waals surface area contributed by atoms with E-state index in [9.17, 15) is 4.79 Å². The minimum Gasteiger partial charge on any atom is -0.296 e. The monoisotopic (exact) mass is 383 g/mol. The molecule has 4 rings (SSSR count). The molecule has 0 unspecified atom stereocenters. The maximum atomic E-state index is 12.6. The van der Waals surface area contributed by atoms with Gasteiger partial charge in [0, 0.05) is 17.8 Å². The summed E-state index contributed by atoms with van der Waals surface area (Å²) in [5, 5.41) is 13.1. The third-order valence-electron chi connectivity index (χ3n) is 3.37. The van der Waals surface area contributed by atoms with E-state index in [0.717, 1.165) is 0 Å². The van der Waals surface area contributed by atoms with Crippen LogP contribution in [-0.2, 0) is 0 Å². The van der Waals surface area contributed by atoms with Gasteiger partial charge < -0.3 is 0 Å². The highest BCUT2D eigenvalue weighted by Crippen LogP contribution is 2.28. The summed E-state index contributed by atoms with van der Waals surface area (Å²) in [4.78, 5) is 25.3. The molecule has 26 heavy (non-hydrogen) atoms. The van der Waals surface area contributed by atoms with Crippen LogP contribution in [0.3, 0.4) is 0 Å². The summed E-state index contributed by atoms with van der Waals surface area (Å²) in [6, 6.07) is 8.79. The number of nitrogens with zero attached hydrogens (tertiary/aromatic N) is 6. The van der Waals surface area contributed by atoms with Crippen LogP contribution in [0.4, 0.5) is 5.13 Å². The fourth-order valence-corrected chi connectivity index (χ4v) is 3.12. The first kappa shape index (κ1) is 16.3. The van der Waals surface area contributed by atoms with Crippen LogP contribution < -0.4 is 5.32 Å². The average molecular weight is 384 g/mol. The van der Waals surface area contributed by atoms with Crippen molar-refractivity contribution in [1.29, 1.82) is 0 Å². The summed E-state index contributed by atoms with van der Waals surface area (Å²) >= 11 is 7.40. The Kier molecular flexibility index (Phi) is 4.38. The molecule has 4 aromatic heterocycles. The fourth-order valence-electron chi connectivity index (χ4n) is 2.21. The molecule has 0 saturated heterocycles. The van der Waals surface area contributed by atoms with E-state index in [1.54, 1.807) is 48.1 Å². The van der Waals surface area contributed by atoms with Gasteiger partial charge in [0.1, 0.15) is 11.4 Å². The molecule has 4 aromatic rings. The van der Waals surface area contributed by atoms with Crippen LogP contribution in [0, 0.1) is 0 Å². The van der Waals surface area contributed by atoms with Crippen molar-refractivity contribution in [3.05, 3.63) is 65.0 Å². The van der Waals surface area contributed by atoms with Crippen molar-refractivity contribution < 1.29 is 4.79 Å². The van der Waals surface area contributed by atoms with E-state index in [2.05, 4.69) is 30.6 Å². The first-order chi connectivity index (χ1) is 12.7. The maximum absolute atomic E-state index is 12.6. The molecule has 0 bridgehead atoms. The number of carbonyl (C=O) groups is 1. The number of carbonyl (C=O) groups excluding carboxylic acids is 1. The average Bonchev–Trinajstić information content (AvgIpc) is 3.32. The van der Waals surface area contributed by atoms with Gasteiger partial charge in [0.25, 0.3) is 5.91 Å². The second-order valence-electron chi connectivity index (χ2n) is 5.04. The second-order valence-corrected chi connectivity index (χ2v) is 6.31. The number of hydrogen-bond donors (Lipinski definition) is 1. The van der Waals surface area contributed by atoms with Crippen molar-refractivity contribution in [2.45, 2.75) is 0 Å². The van der Waals surface area contributed by atoms with Gasteiger partial charge in [-0.3, -0.25) is 15.1 Å². The molecule has 4 heterocycles. The number of thiazole rings is 1. The predicted molar refractivity (Wildman–Crippen MR) is 97.5 cm³/mol. The number of halogens is 1. The van der Waals surface area contributed by atoms with Gasteiger partial charge in [-0.05, 0) is 24.3 Å². The van der Waals surface area contributed by atoms with Crippen LogP contribution >= 0.6 is 22.9 Å². The van der Waals surface area contributed by atoms with Crippen molar-refractivity contribution in [2.24, 2.45) is 0 Å². The van der Waals surface area contributed by atoms with Crippen LogP contribution in [-0.4, -0.2) is 35.9 Å². The normalized spacial score (nSPS) is 10.7. The number of nitrogens with one attached hydrogen (secondary N) is 1. The Balaban J connectivity index is 1.57. The first-order valence-corrected chi connectivity index (χ1v) is 8.68. The highest BCUT2D eigenvalue weighted by atomic mass is 35.5. The van der Waals surface area contributed by atoms with E-state index < -0.39 is 5.91 Å². The molecule has 0 atom stereocenters. The molecule has 0 aliphatic heterocycles. The van der Waals surface area contributed by atoms with Gasteiger partial charge in [-0.1, -0.05) is 22.9 Å².